The Labute approximate surface area is 23.8 Å². The van der Waals surface area contributed by atoms with Gasteiger partial charge in [0.2, 0.25) is 0 Å². The second-order valence-electron chi connectivity index (χ2n) is 0.710. The average molecular weight is 56.0 g/mol. The van der Waals surface area contributed by atoms with Crippen molar-refractivity contribution in [1.29, 1.82) is 0 Å². The van der Waals surface area contributed by atoms with E-state index in [0.29, 0.717) is 6.54 Å². The molecule has 0 saturated carbocycles. The molecule has 1 aliphatic heterocycles. The summed E-state index contributed by atoms with van der Waals surface area (Å²) in [4.78, 5) is 9.39. The van der Waals surface area contributed by atoms with E-state index in [2.05, 4.69) is 5.32 Å². The molecule has 1 amide bonds. The predicted molar refractivity (Wildman–Crippen MR) is 12.0 cm³/mol. The summed E-state index contributed by atoms with van der Waals surface area (Å²) in [6, 6.07) is 0. The van der Waals surface area contributed by atoms with Crippen LogP contribution in [0.1, 0.15) is 0 Å². The molecule has 1 saturated heterocycles. The lowest BCUT2D eigenvalue weighted by Gasteiger charge is -1.24. The molecule has 4 heavy (non-hydrogen) atoms. The third-order valence-electron chi connectivity index (χ3n) is 0.287. The first-order chi connectivity index (χ1) is 1.89. The van der Waals surface area contributed by atoms with Crippen LogP contribution < -0.4 is 5.32 Å². The normalized spacial score (nSPS) is 19.5. The fourth-order valence-electron chi connectivity index (χ4n) is 0.0323. The molecule has 1 rings (SSSR count). The number of rotatable bonds is 0. The van der Waals surface area contributed by atoms with Crippen molar-refractivity contribution in [1.82, 2.24) is 5.32 Å². The van der Waals surface area contributed by atoms with Gasteiger partial charge < -0.3 is 0 Å². The van der Waals surface area contributed by atoms with Crippen molar-refractivity contribution in [3.05, 3.63) is 0 Å². The van der Waals surface area contributed by atoms with Gasteiger partial charge in [0.05, 0.1) is 0 Å². The lowest BCUT2D eigenvalue weighted by Crippen LogP contribution is -1.57. The molecule has 2 heteroatoms. The highest BCUT2D eigenvalue weighted by Gasteiger charge is 2.15. The van der Waals surface area contributed by atoms with E-state index in [4.69, 9.17) is 0 Å². The van der Waals surface area contributed by atoms with E-state index in [1.807, 2.05) is 0 Å². The van der Waals surface area contributed by atoms with E-state index in [9.17, 15) is 4.79 Å². The second-order valence-corrected chi connectivity index (χ2v) is 0.710. The minimum Gasteiger partial charge on any atom is -0.271 e. The fourth-order valence-corrected chi connectivity index (χ4v) is 0.0323. The van der Waals surface area contributed by atoms with Crippen LogP contribution in [-0.2, 0) is 4.79 Å². The van der Waals surface area contributed by atoms with Crippen molar-refractivity contribution in [3.63, 3.8) is 0 Å². The van der Waals surface area contributed by atoms with Gasteiger partial charge in [-0.3, -0.25) is 4.79 Å². The minimum absolute atomic E-state index is 0.0417. The van der Waals surface area contributed by atoms with Crippen molar-refractivity contribution in [2.45, 2.75) is 0 Å². The van der Waals surface area contributed by atoms with Crippen LogP contribution in [0, 0.1) is 0 Å². The first-order valence-corrected chi connectivity index (χ1v) is 1.10. The van der Waals surface area contributed by atoms with Gasteiger partial charge in [0.1, 0.15) is 6.54 Å². The third kappa shape index (κ3) is 0.0532. The molecule has 1 radical (unpaired) electrons. The molecule has 0 unspecified atom stereocenters. The largest absolute Gasteiger partial charge is 0.271 e. The van der Waals surface area contributed by atoms with E-state index in [1.54, 1.807) is 0 Å². The molecule has 1 aliphatic rings. The van der Waals surface area contributed by atoms with Gasteiger partial charge in [0, 0.05) is 0 Å². The van der Waals surface area contributed by atoms with Crippen LogP contribution in [0.15, 0.2) is 0 Å². The standard InChI is InChI=1S/C2H2NO/c4-2-1-3-2/h1H2. The molecule has 0 aromatic rings. The first-order valence-electron chi connectivity index (χ1n) is 1.10. The third-order valence-corrected chi connectivity index (χ3v) is 0.287. The van der Waals surface area contributed by atoms with Crippen LogP contribution >= 0.6 is 0 Å². The van der Waals surface area contributed by atoms with Crippen molar-refractivity contribution >= 4 is 5.91 Å². The van der Waals surface area contributed by atoms with Gasteiger partial charge in [-0.05, 0) is 0 Å². The molecule has 0 atom stereocenters. The molecule has 1 heterocycles. The summed E-state index contributed by atoms with van der Waals surface area (Å²) in [5, 5.41) is 3.26. The smallest absolute Gasteiger partial charge is 0.263 e. The van der Waals surface area contributed by atoms with Crippen molar-refractivity contribution in [2.75, 3.05) is 6.54 Å². The average Bonchev–Trinajstić information content (AvgIpc) is 1.75. The number of hydrogen-bond donors (Lipinski definition) is 0. The Bertz CT molecular complexity index is 44.0. The first kappa shape index (κ1) is 1.76. The molecular weight excluding hydrogens is 54.0 g/mol. The molecule has 0 aromatic heterocycles. The molecule has 21 valence electrons. The number of nitrogens with zero attached hydrogens (tertiary/aromatic N) is 1. The van der Waals surface area contributed by atoms with Gasteiger partial charge in [-0.2, -0.15) is 0 Å². The van der Waals surface area contributed by atoms with E-state index in [-0.39, 0.29) is 5.91 Å². The summed E-state index contributed by atoms with van der Waals surface area (Å²) in [5.41, 5.74) is 0. The van der Waals surface area contributed by atoms with Crippen LogP contribution in [0.25, 0.3) is 0 Å². The van der Waals surface area contributed by atoms with Crippen molar-refractivity contribution in [3.8, 4) is 0 Å². The highest BCUT2D eigenvalue weighted by Crippen LogP contribution is 1.78. The molecule has 0 N–H and O–H groups in total. The summed E-state index contributed by atoms with van der Waals surface area (Å²) < 4.78 is 0. The highest BCUT2D eigenvalue weighted by atomic mass is 16.2. The molecule has 0 spiro atoms. The Morgan fingerprint density at radius 1 is 2.00 bits per heavy atom. The molecule has 2 nitrogen and oxygen atoms in total. The summed E-state index contributed by atoms with van der Waals surface area (Å²) in [7, 11) is 0. The maximum atomic E-state index is 9.39. The van der Waals surface area contributed by atoms with Gasteiger partial charge in [0.25, 0.3) is 5.91 Å². The Morgan fingerprint density at radius 2 is 2.25 bits per heavy atom. The van der Waals surface area contributed by atoms with E-state index < -0.39 is 0 Å². The Hall–Kier alpha value is -0.530. The number of hydrogen-bond acceptors (Lipinski definition) is 1. The summed E-state index contributed by atoms with van der Waals surface area (Å²) in [5.74, 6) is 0.0417. The van der Waals surface area contributed by atoms with Gasteiger partial charge in [-0.15, -0.1) is 0 Å². The maximum Gasteiger partial charge on any atom is 0.263 e. The maximum absolute atomic E-state index is 9.39. The minimum atomic E-state index is 0.0417. The Balaban J connectivity index is 2.60. The lowest BCUT2D eigenvalue weighted by atomic mass is 11.0. The van der Waals surface area contributed by atoms with Gasteiger partial charge >= 0.3 is 0 Å². The van der Waals surface area contributed by atoms with Crippen molar-refractivity contribution < 1.29 is 4.79 Å². The zero-order valence-electron chi connectivity index (χ0n) is 2.06. The Morgan fingerprint density at radius 3 is 2.25 bits per heavy atom. The SMILES string of the molecule is O=C1C[N]1. The van der Waals surface area contributed by atoms with Crippen LogP contribution in [0.4, 0.5) is 0 Å². The fraction of sp³-hybridized carbons (Fsp3) is 0.500. The molecule has 0 aromatic carbocycles. The number of carbonyl (C=O) groups is 1. The second kappa shape index (κ2) is 0.267. The van der Waals surface area contributed by atoms with Crippen molar-refractivity contribution in [2.24, 2.45) is 0 Å². The Kier molecular flexibility index (Phi) is 0.117. The molecular formula is C2H2NO. The summed E-state index contributed by atoms with van der Waals surface area (Å²) in [6.07, 6.45) is 0. The molecule has 1 fully saturated rings. The monoisotopic (exact) mass is 56.0 g/mol. The van der Waals surface area contributed by atoms with E-state index in [1.165, 1.54) is 0 Å². The number of amides is 1. The number of carbonyl (C=O) groups excluding carboxylic acids is 1. The zero-order chi connectivity index (χ0) is 2.99. The lowest BCUT2D eigenvalue weighted by molar-refractivity contribution is -0.110. The highest BCUT2D eigenvalue weighted by molar-refractivity contribution is 5.91. The zero-order valence-corrected chi connectivity index (χ0v) is 2.06. The van der Waals surface area contributed by atoms with E-state index >= 15 is 0 Å². The summed E-state index contributed by atoms with van der Waals surface area (Å²) in [6.45, 7) is 0.472. The van der Waals surface area contributed by atoms with E-state index in [0.717, 1.165) is 0 Å². The topological polar surface area (TPSA) is 31.2 Å². The predicted octanol–water partition coefficient (Wildman–Crippen LogP) is -0.869. The van der Waals surface area contributed by atoms with Crippen LogP contribution in [0.3, 0.4) is 0 Å². The van der Waals surface area contributed by atoms with Gasteiger partial charge in [-0.1, -0.05) is 0 Å². The van der Waals surface area contributed by atoms with Crippen LogP contribution in [0.5, 0.6) is 0 Å². The van der Waals surface area contributed by atoms with Gasteiger partial charge in [-0.25, -0.2) is 5.32 Å². The van der Waals surface area contributed by atoms with Crippen LogP contribution in [-0.4, -0.2) is 12.5 Å². The molecule has 0 bridgehead atoms. The quantitative estimate of drug-likeness (QED) is 0.332. The summed E-state index contributed by atoms with van der Waals surface area (Å²) >= 11 is 0. The van der Waals surface area contributed by atoms with Gasteiger partial charge in [0.15, 0.2) is 0 Å². The molecule has 0 aliphatic carbocycles. The van der Waals surface area contributed by atoms with Crippen LogP contribution in [0.2, 0.25) is 0 Å².